The molecule has 1 aliphatic rings. The number of hydrogen-bond acceptors (Lipinski definition) is 3. The smallest absolute Gasteiger partial charge is 0.410 e. The molecule has 0 aromatic rings. The van der Waals surface area contributed by atoms with Crippen LogP contribution in [0, 0.1) is 5.41 Å². The number of ether oxygens (including phenoxy) is 1. The predicted octanol–water partition coefficient (Wildman–Crippen LogP) is 4.19. The third kappa shape index (κ3) is 6.99. The number of carbonyl (C=O) groups is 1. The molecule has 0 bridgehead atoms. The van der Waals surface area contributed by atoms with E-state index in [1.54, 1.807) is 0 Å². The molecule has 1 aliphatic heterocycles. The van der Waals surface area contributed by atoms with Crippen molar-refractivity contribution in [1.29, 1.82) is 0 Å². The Balaban J connectivity index is 2.35. The highest BCUT2D eigenvalue weighted by Crippen LogP contribution is 2.31. The standard InChI is InChI=1S/C18H36N2O2/c1-7-8-9-15(2)19-14-18(6)10-12-20(13-11-18)16(21)22-17(3,4)5/h15,19H,7-14H2,1-6H3. The fraction of sp³-hybridized carbons (Fsp3) is 0.944. The lowest BCUT2D eigenvalue weighted by molar-refractivity contribution is 0.0117. The van der Waals surface area contributed by atoms with E-state index in [1.165, 1.54) is 19.3 Å². The first-order valence-corrected chi connectivity index (χ1v) is 8.86. The van der Waals surface area contributed by atoms with Crippen molar-refractivity contribution in [3.8, 4) is 0 Å². The Morgan fingerprint density at radius 2 is 1.91 bits per heavy atom. The summed E-state index contributed by atoms with van der Waals surface area (Å²) in [5.41, 5.74) is -0.118. The topological polar surface area (TPSA) is 41.6 Å². The zero-order valence-corrected chi connectivity index (χ0v) is 15.5. The number of piperidine rings is 1. The van der Waals surface area contributed by atoms with Crippen molar-refractivity contribution in [2.45, 2.75) is 85.3 Å². The van der Waals surface area contributed by atoms with Crippen LogP contribution < -0.4 is 5.32 Å². The van der Waals surface area contributed by atoms with Crippen LogP contribution in [0.1, 0.15) is 73.6 Å². The van der Waals surface area contributed by atoms with Crippen LogP contribution in [-0.2, 0) is 4.74 Å². The highest BCUT2D eigenvalue weighted by atomic mass is 16.6. The van der Waals surface area contributed by atoms with Crippen molar-refractivity contribution in [3.63, 3.8) is 0 Å². The van der Waals surface area contributed by atoms with Crippen molar-refractivity contribution in [3.05, 3.63) is 0 Å². The van der Waals surface area contributed by atoms with E-state index in [9.17, 15) is 4.79 Å². The molecule has 1 saturated heterocycles. The number of nitrogens with one attached hydrogen (secondary N) is 1. The molecule has 1 rings (SSSR count). The van der Waals surface area contributed by atoms with Gasteiger partial charge in [0, 0.05) is 25.7 Å². The van der Waals surface area contributed by atoms with Gasteiger partial charge in [-0.05, 0) is 52.4 Å². The van der Waals surface area contributed by atoms with Crippen molar-refractivity contribution in [2.75, 3.05) is 19.6 Å². The summed E-state index contributed by atoms with van der Waals surface area (Å²) in [7, 11) is 0. The van der Waals surface area contributed by atoms with E-state index in [2.05, 4.69) is 26.1 Å². The third-order valence-corrected chi connectivity index (χ3v) is 4.49. The minimum atomic E-state index is -0.409. The van der Waals surface area contributed by atoms with Gasteiger partial charge in [-0.15, -0.1) is 0 Å². The number of likely N-dealkylation sites (tertiary alicyclic amines) is 1. The van der Waals surface area contributed by atoms with E-state index in [4.69, 9.17) is 4.74 Å². The third-order valence-electron chi connectivity index (χ3n) is 4.49. The van der Waals surface area contributed by atoms with Crippen LogP contribution in [0.15, 0.2) is 0 Å². The Kier molecular flexibility index (Phi) is 7.17. The van der Waals surface area contributed by atoms with E-state index < -0.39 is 5.60 Å². The van der Waals surface area contributed by atoms with Crippen molar-refractivity contribution in [1.82, 2.24) is 10.2 Å². The molecule has 0 aromatic heterocycles. The normalized spacial score (nSPS) is 19.8. The molecule has 0 radical (unpaired) electrons. The summed E-state index contributed by atoms with van der Waals surface area (Å²) in [4.78, 5) is 14.0. The molecule has 1 N–H and O–H groups in total. The van der Waals surface area contributed by atoms with Crippen LogP contribution in [0.2, 0.25) is 0 Å². The molecular formula is C18H36N2O2. The Morgan fingerprint density at radius 3 is 2.41 bits per heavy atom. The van der Waals surface area contributed by atoms with Gasteiger partial charge in [0.15, 0.2) is 0 Å². The number of amides is 1. The van der Waals surface area contributed by atoms with Crippen LogP contribution in [0.4, 0.5) is 4.79 Å². The van der Waals surface area contributed by atoms with Crippen LogP contribution in [-0.4, -0.2) is 42.3 Å². The summed E-state index contributed by atoms with van der Waals surface area (Å²) in [5.74, 6) is 0. The Hall–Kier alpha value is -0.770. The van der Waals surface area contributed by atoms with Gasteiger partial charge in [0.25, 0.3) is 0 Å². The van der Waals surface area contributed by atoms with Crippen LogP contribution in [0.3, 0.4) is 0 Å². The molecule has 1 atom stereocenters. The zero-order chi connectivity index (χ0) is 16.8. The molecular weight excluding hydrogens is 276 g/mol. The fourth-order valence-electron chi connectivity index (χ4n) is 2.77. The first kappa shape index (κ1) is 19.3. The zero-order valence-electron chi connectivity index (χ0n) is 15.5. The maximum Gasteiger partial charge on any atom is 0.410 e. The molecule has 1 amide bonds. The minimum Gasteiger partial charge on any atom is -0.444 e. The lowest BCUT2D eigenvalue weighted by Gasteiger charge is -2.40. The van der Waals surface area contributed by atoms with Gasteiger partial charge in [0.2, 0.25) is 0 Å². The maximum absolute atomic E-state index is 12.1. The van der Waals surface area contributed by atoms with Gasteiger partial charge >= 0.3 is 6.09 Å². The molecule has 22 heavy (non-hydrogen) atoms. The molecule has 1 heterocycles. The lowest BCUT2D eigenvalue weighted by Crippen LogP contribution is -2.48. The molecule has 0 aliphatic carbocycles. The van der Waals surface area contributed by atoms with Crippen LogP contribution >= 0.6 is 0 Å². The molecule has 4 nitrogen and oxygen atoms in total. The molecule has 0 aromatic carbocycles. The highest BCUT2D eigenvalue weighted by Gasteiger charge is 2.33. The van der Waals surface area contributed by atoms with E-state index in [0.717, 1.165) is 32.5 Å². The maximum atomic E-state index is 12.1. The number of nitrogens with zero attached hydrogens (tertiary/aromatic N) is 1. The van der Waals surface area contributed by atoms with E-state index >= 15 is 0 Å². The predicted molar refractivity (Wildman–Crippen MR) is 92.1 cm³/mol. The number of hydrogen-bond donors (Lipinski definition) is 1. The summed E-state index contributed by atoms with van der Waals surface area (Å²) in [6.07, 6.45) is 5.71. The van der Waals surface area contributed by atoms with Gasteiger partial charge in [-0.2, -0.15) is 0 Å². The van der Waals surface area contributed by atoms with Gasteiger partial charge in [-0.25, -0.2) is 4.79 Å². The Labute approximate surface area is 137 Å². The first-order valence-electron chi connectivity index (χ1n) is 8.86. The average molecular weight is 312 g/mol. The second kappa shape index (κ2) is 8.19. The first-order chi connectivity index (χ1) is 10.2. The summed E-state index contributed by atoms with van der Waals surface area (Å²) in [6.45, 7) is 15.2. The molecule has 1 fully saturated rings. The van der Waals surface area contributed by atoms with Gasteiger partial charge in [0.1, 0.15) is 5.60 Å². The van der Waals surface area contributed by atoms with Gasteiger partial charge in [-0.1, -0.05) is 26.7 Å². The largest absolute Gasteiger partial charge is 0.444 e. The fourth-order valence-corrected chi connectivity index (χ4v) is 2.77. The van der Waals surface area contributed by atoms with Crippen LogP contribution in [0.5, 0.6) is 0 Å². The van der Waals surface area contributed by atoms with Crippen molar-refractivity contribution in [2.24, 2.45) is 5.41 Å². The minimum absolute atomic E-state index is 0.168. The number of rotatable bonds is 6. The van der Waals surface area contributed by atoms with Gasteiger partial charge in [0.05, 0.1) is 0 Å². The molecule has 130 valence electrons. The van der Waals surface area contributed by atoms with E-state index in [0.29, 0.717) is 11.5 Å². The van der Waals surface area contributed by atoms with Crippen molar-refractivity contribution >= 4 is 6.09 Å². The van der Waals surface area contributed by atoms with Gasteiger partial charge < -0.3 is 15.0 Å². The Morgan fingerprint density at radius 1 is 1.32 bits per heavy atom. The highest BCUT2D eigenvalue weighted by molar-refractivity contribution is 5.68. The molecule has 0 saturated carbocycles. The monoisotopic (exact) mass is 312 g/mol. The second-order valence-corrected chi connectivity index (χ2v) is 8.20. The SMILES string of the molecule is CCCCC(C)NCC1(C)CCN(C(=O)OC(C)(C)C)CC1. The summed E-state index contributed by atoms with van der Waals surface area (Å²) < 4.78 is 5.46. The second-order valence-electron chi connectivity index (χ2n) is 8.20. The number of unbranched alkanes of at least 4 members (excludes halogenated alkanes) is 1. The van der Waals surface area contributed by atoms with E-state index in [-0.39, 0.29) is 6.09 Å². The average Bonchev–Trinajstić information content (AvgIpc) is 2.42. The summed E-state index contributed by atoms with van der Waals surface area (Å²) in [5, 5.41) is 3.68. The van der Waals surface area contributed by atoms with Gasteiger partial charge in [-0.3, -0.25) is 0 Å². The molecule has 0 spiro atoms. The molecule has 4 heteroatoms. The van der Waals surface area contributed by atoms with Crippen LogP contribution in [0.25, 0.3) is 0 Å². The number of carbonyl (C=O) groups excluding carboxylic acids is 1. The summed E-state index contributed by atoms with van der Waals surface area (Å²) in [6, 6.07) is 0.584. The van der Waals surface area contributed by atoms with E-state index in [1.807, 2.05) is 25.7 Å². The quantitative estimate of drug-likeness (QED) is 0.799. The lowest BCUT2D eigenvalue weighted by atomic mass is 9.80. The summed E-state index contributed by atoms with van der Waals surface area (Å²) >= 11 is 0. The van der Waals surface area contributed by atoms with Crippen molar-refractivity contribution < 1.29 is 9.53 Å². The molecule has 1 unspecified atom stereocenters. The Bertz CT molecular complexity index is 341.